The van der Waals surface area contributed by atoms with Gasteiger partial charge in [0.1, 0.15) is 11.2 Å². The van der Waals surface area contributed by atoms with Crippen molar-refractivity contribution in [2.75, 3.05) is 45.8 Å². The SMILES string of the molecule is O=C(NCCCCNC[C@H](O)c1ccc(O)c2[nH]c(=O)ccc12)c1ccc(C(=O)N2CC(C(=O)O)(c3ccccc3)[C@H]2C2CN3CCC2CC3)cc1. The van der Waals surface area contributed by atoms with Crippen molar-refractivity contribution in [3.8, 4) is 5.75 Å². The van der Waals surface area contributed by atoms with Gasteiger partial charge in [-0.05, 0) is 105 Å². The summed E-state index contributed by atoms with van der Waals surface area (Å²) in [6.45, 7) is 4.26. The molecule has 6 N–H and O–H groups in total. The van der Waals surface area contributed by atoms with E-state index < -0.39 is 23.5 Å². The number of amides is 2. The molecule has 5 heterocycles. The molecule has 0 spiro atoms. The summed E-state index contributed by atoms with van der Waals surface area (Å²) >= 11 is 0. The fourth-order valence-electron chi connectivity index (χ4n) is 8.60. The van der Waals surface area contributed by atoms with E-state index in [0.717, 1.165) is 44.5 Å². The van der Waals surface area contributed by atoms with Crippen LogP contribution in [0.1, 0.15) is 63.6 Å². The number of nitrogens with zero attached hydrogens (tertiary/aromatic N) is 2. The summed E-state index contributed by atoms with van der Waals surface area (Å²) in [5.41, 5.74) is 0.970. The molecular weight excluding hydrogens is 662 g/mol. The van der Waals surface area contributed by atoms with Crippen LogP contribution in [0, 0.1) is 11.8 Å². The number of aromatic amines is 1. The third-order valence-corrected chi connectivity index (χ3v) is 11.4. The molecule has 3 aromatic carbocycles. The second-order valence-corrected chi connectivity index (χ2v) is 14.4. The number of phenols is 1. The van der Waals surface area contributed by atoms with E-state index in [9.17, 15) is 34.5 Å². The summed E-state index contributed by atoms with van der Waals surface area (Å²) in [6.07, 6.45) is 2.64. The molecule has 12 nitrogen and oxygen atoms in total. The van der Waals surface area contributed by atoms with E-state index in [-0.39, 0.29) is 47.6 Å². The van der Waals surface area contributed by atoms with E-state index >= 15 is 0 Å². The fraction of sp³-hybridized carbons (Fsp3) is 0.400. The molecule has 8 rings (SSSR count). The van der Waals surface area contributed by atoms with E-state index in [1.54, 1.807) is 41.3 Å². The summed E-state index contributed by atoms with van der Waals surface area (Å²) in [6, 6.07) is 21.5. The molecule has 4 aromatic rings. The second-order valence-electron chi connectivity index (χ2n) is 14.4. The van der Waals surface area contributed by atoms with Crippen LogP contribution < -0.4 is 16.2 Å². The summed E-state index contributed by atoms with van der Waals surface area (Å²) < 4.78 is 0. The zero-order valence-corrected chi connectivity index (χ0v) is 29.0. The fourth-order valence-corrected chi connectivity index (χ4v) is 8.60. The molecule has 2 unspecified atom stereocenters. The van der Waals surface area contributed by atoms with Crippen LogP contribution in [0.3, 0.4) is 0 Å². The predicted molar refractivity (Wildman–Crippen MR) is 195 cm³/mol. The van der Waals surface area contributed by atoms with Crippen molar-refractivity contribution in [2.45, 2.75) is 43.2 Å². The number of hydrogen-bond donors (Lipinski definition) is 6. The number of likely N-dealkylation sites (tertiary alicyclic amines) is 1. The Bertz CT molecular complexity index is 1990. The standard InChI is InChI=1S/C40H45N5O7/c46-32-14-12-29(30-13-15-34(48)43-35(30)32)33(47)22-41-18-4-5-19-42-37(49)26-8-10-27(11-9-26)38(50)45-24-40(39(51)52,28-6-2-1-3-7-28)36(45)31-23-44-20-16-25(31)17-21-44/h1-3,6-15,25,31,33,36,41,46-47H,4-5,16-24H2,(H,42,49)(H,43,48)(H,51,52)/t31?,33-,36+,40?/m0/s1. The van der Waals surface area contributed by atoms with Crippen LogP contribution in [0.2, 0.25) is 0 Å². The monoisotopic (exact) mass is 707 g/mol. The number of hydrogen-bond acceptors (Lipinski definition) is 8. The highest BCUT2D eigenvalue weighted by Crippen LogP contribution is 2.50. The van der Waals surface area contributed by atoms with Gasteiger partial charge < -0.3 is 40.7 Å². The van der Waals surface area contributed by atoms with Crippen molar-refractivity contribution in [3.63, 3.8) is 0 Å². The van der Waals surface area contributed by atoms with Gasteiger partial charge in [0.05, 0.1) is 17.7 Å². The average Bonchev–Trinajstić information content (AvgIpc) is 3.15. The van der Waals surface area contributed by atoms with Crippen molar-refractivity contribution in [1.29, 1.82) is 0 Å². The first-order valence-electron chi connectivity index (χ1n) is 18.1. The maximum atomic E-state index is 14.0. The number of pyridine rings is 1. The number of aliphatic hydroxyl groups is 1. The number of H-pyrrole nitrogens is 1. The topological polar surface area (TPSA) is 175 Å². The number of carboxylic acid groups (broad SMARTS) is 1. The number of aliphatic hydroxyl groups excluding tert-OH is 1. The summed E-state index contributed by atoms with van der Waals surface area (Å²) in [7, 11) is 0. The zero-order valence-electron chi connectivity index (χ0n) is 29.0. The maximum absolute atomic E-state index is 14.0. The number of aromatic hydroxyl groups is 1. The highest BCUT2D eigenvalue weighted by Gasteiger charge is 2.64. The van der Waals surface area contributed by atoms with Gasteiger partial charge in [0, 0.05) is 48.8 Å². The lowest BCUT2D eigenvalue weighted by Gasteiger charge is -2.61. The van der Waals surface area contributed by atoms with Gasteiger partial charge >= 0.3 is 5.97 Å². The molecule has 4 aliphatic heterocycles. The highest BCUT2D eigenvalue weighted by molar-refractivity contribution is 6.00. The van der Waals surface area contributed by atoms with Crippen LogP contribution in [0.5, 0.6) is 5.75 Å². The quantitative estimate of drug-likeness (QED) is 0.114. The molecule has 4 saturated heterocycles. The van der Waals surface area contributed by atoms with Gasteiger partial charge in [-0.15, -0.1) is 0 Å². The molecule has 0 saturated carbocycles. The maximum Gasteiger partial charge on any atom is 0.318 e. The van der Waals surface area contributed by atoms with Crippen molar-refractivity contribution in [2.24, 2.45) is 11.8 Å². The van der Waals surface area contributed by atoms with Crippen LogP contribution >= 0.6 is 0 Å². The van der Waals surface area contributed by atoms with Gasteiger partial charge in [0.15, 0.2) is 0 Å². The van der Waals surface area contributed by atoms with E-state index in [1.807, 2.05) is 30.3 Å². The number of benzene rings is 3. The number of carbonyl (C=O) groups is 3. The number of carboxylic acids is 1. The van der Waals surface area contributed by atoms with Gasteiger partial charge in [-0.1, -0.05) is 36.4 Å². The van der Waals surface area contributed by atoms with Gasteiger partial charge in [-0.25, -0.2) is 0 Å². The lowest BCUT2D eigenvalue weighted by molar-refractivity contribution is -0.162. The predicted octanol–water partition coefficient (Wildman–Crippen LogP) is 3.26. The minimum atomic E-state index is -1.17. The Hall–Kier alpha value is -5.04. The van der Waals surface area contributed by atoms with E-state index in [4.69, 9.17) is 0 Å². The van der Waals surface area contributed by atoms with E-state index in [2.05, 4.69) is 20.5 Å². The zero-order chi connectivity index (χ0) is 36.4. The minimum absolute atomic E-state index is 0.0598. The Morgan fingerprint density at radius 2 is 1.62 bits per heavy atom. The molecule has 0 aliphatic carbocycles. The first-order chi connectivity index (χ1) is 25.2. The Morgan fingerprint density at radius 3 is 2.31 bits per heavy atom. The first kappa shape index (κ1) is 35.4. The molecule has 52 heavy (non-hydrogen) atoms. The third-order valence-electron chi connectivity index (χ3n) is 11.4. The molecule has 4 fully saturated rings. The van der Waals surface area contributed by atoms with Crippen molar-refractivity contribution in [1.82, 2.24) is 25.4 Å². The average molecular weight is 708 g/mol. The Labute approximate surface area is 301 Å². The molecule has 12 heteroatoms. The number of rotatable bonds is 13. The van der Waals surface area contributed by atoms with Crippen LogP contribution in [0.15, 0.2) is 83.7 Å². The Morgan fingerprint density at radius 1 is 0.904 bits per heavy atom. The van der Waals surface area contributed by atoms with Crippen molar-refractivity contribution in [3.05, 3.63) is 111 Å². The Kier molecular flexibility index (Phi) is 10.1. The molecule has 0 radical (unpaired) electrons. The van der Waals surface area contributed by atoms with Crippen LogP contribution in [-0.4, -0.2) is 99.7 Å². The minimum Gasteiger partial charge on any atom is -0.506 e. The van der Waals surface area contributed by atoms with Crippen LogP contribution in [0.25, 0.3) is 10.9 Å². The molecule has 2 amide bonds. The second kappa shape index (κ2) is 14.9. The van der Waals surface area contributed by atoms with Gasteiger partial charge in [0.25, 0.3) is 11.8 Å². The van der Waals surface area contributed by atoms with Gasteiger partial charge in [-0.3, -0.25) is 19.2 Å². The summed E-state index contributed by atoms with van der Waals surface area (Å²) in [5, 5.41) is 38.2. The third kappa shape index (κ3) is 6.69. The number of aromatic nitrogens is 1. The number of piperidine rings is 3. The Balaban J connectivity index is 0.912. The smallest absolute Gasteiger partial charge is 0.318 e. The van der Waals surface area contributed by atoms with E-state index in [0.29, 0.717) is 47.5 Å². The molecule has 4 atom stereocenters. The molecular formula is C40H45N5O7. The van der Waals surface area contributed by atoms with Crippen LogP contribution in [-0.2, 0) is 10.2 Å². The first-order valence-corrected chi connectivity index (χ1v) is 18.1. The number of nitrogens with one attached hydrogen (secondary N) is 3. The number of phenolic OH excluding ortho intramolecular Hbond substituents is 1. The van der Waals surface area contributed by atoms with Gasteiger partial charge in [0.2, 0.25) is 5.56 Å². The molecule has 4 aliphatic rings. The largest absolute Gasteiger partial charge is 0.506 e. The lowest BCUT2D eigenvalue weighted by Crippen LogP contribution is -2.76. The van der Waals surface area contributed by atoms with Crippen molar-refractivity contribution >= 4 is 28.7 Å². The molecule has 272 valence electrons. The number of fused-ring (bicyclic) bond motifs is 4. The van der Waals surface area contributed by atoms with Crippen molar-refractivity contribution < 1.29 is 29.7 Å². The summed E-state index contributed by atoms with van der Waals surface area (Å²) in [4.78, 5) is 58.4. The lowest BCUT2D eigenvalue weighted by atomic mass is 9.58. The van der Waals surface area contributed by atoms with Gasteiger partial charge in [-0.2, -0.15) is 0 Å². The molecule has 2 bridgehead atoms. The number of carbonyl (C=O) groups excluding carboxylic acids is 2. The number of unbranched alkanes of at least 4 members (excludes halogenated alkanes) is 1. The van der Waals surface area contributed by atoms with Crippen LogP contribution in [0.4, 0.5) is 0 Å². The summed E-state index contributed by atoms with van der Waals surface area (Å²) in [5.74, 6) is -0.978. The normalized spacial score (nSPS) is 24.3. The highest BCUT2D eigenvalue weighted by atomic mass is 16.4. The number of aliphatic carboxylic acids is 1. The van der Waals surface area contributed by atoms with E-state index in [1.165, 1.54) is 12.1 Å². The molecule has 1 aromatic heterocycles.